The van der Waals surface area contributed by atoms with Crippen LogP contribution in [-0.2, 0) is 4.79 Å². The number of nitrogens with one attached hydrogen (secondary N) is 1. The second kappa shape index (κ2) is 15.5. The van der Waals surface area contributed by atoms with Gasteiger partial charge in [0.2, 0.25) is 0 Å². The number of esters is 1. The fourth-order valence-electron chi connectivity index (χ4n) is 3.10. The molecule has 0 saturated carbocycles. The first-order chi connectivity index (χ1) is 13.7. The number of hydrogen-bond acceptors (Lipinski definition) is 5. The van der Waals surface area contributed by atoms with Crippen molar-refractivity contribution in [3.8, 4) is 11.5 Å². The lowest BCUT2D eigenvalue weighted by molar-refractivity contribution is -0.134. The predicted molar refractivity (Wildman–Crippen MR) is 126 cm³/mol. The number of halogens is 1. The maximum Gasteiger partial charge on any atom is 0.311 e. The second-order valence-corrected chi connectivity index (χ2v) is 8.93. The highest BCUT2D eigenvalue weighted by molar-refractivity contribution is 5.85. The zero-order valence-corrected chi connectivity index (χ0v) is 20.0. The van der Waals surface area contributed by atoms with Crippen molar-refractivity contribution in [1.29, 1.82) is 0 Å². The number of carbonyl (C=O) groups excluding carboxylic acids is 1. The summed E-state index contributed by atoms with van der Waals surface area (Å²) in [5.41, 5.74) is 0.478. The minimum atomic E-state index is -0.744. The average molecular weight is 444 g/mol. The molecule has 0 aliphatic carbocycles. The molecule has 5 nitrogen and oxygen atoms in total. The normalized spacial score (nSPS) is 12.3. The average Bonchev–Trinajstić information content (AvgIpc) is 2.65. The maximum atomic E-state index is 12.0. The van der Waals surface area contributed by atoms with E-state index in [1.54, 1.807) is 12.1 Å². The van der Waals surface area contributed by atoms with Crippen molar-refractivity contribution in [2.24, 2.45) is 0 Å². The van der Waals surface area contributed by atoms with E-state index in [1.165, 1.54) is 44.6 Å². The summed E-state index contributed by atoms with van der Waals surface area (Å²) in [4.78, 5) is 12.0. The molecule has 1 atom stereocenters. The number of phenolic OH excluding ortho intramolecular Hbond substituents is 1. The molecule has 0 bridgehead atoms. The molecule has 0 amide bonds. The lowest BCUT2D eigenvalue weighted by Crippen LogP contribution is -2.38. The van der Waals surface area contributed by atoms with Crippen LogP contribution in [0.25, 0.3) is 0 Å². The van der Waals surface area contributed by atoms with E-state index in [4.69, 9.17) is 4.74 Å². The molecule has 0 heterocycles. The van der Waals surface area contributed by atoms with Crippen molar-refractivity contribution in [2.45, 2.75) is 104 Å². The number of aromatic hydroxyl groups is 1. The summed E-state index contributed by atoms with van der Waals surface area (Å²) in [6, 6.07) is 4.67. The van der Waals surface area contributed by atoms with E-state index in [2.05, 4.69) is 12.2 Å². The Balaban J connectivity index is 0.00000841. The first-order valence-electron chi connectivity index (χ1n) is 11.2. The summed E-state index contributed by atoms with van der Waals surface area (Å²) in [7, 11) is 0. The van der Waals surface area contributed by atoms with Crippen LogP contribution in [0.1, 0.15) is 104 Å². The number of hydrogen-bond donors (Lipinski definition) is 3. The Morgan fingerprint density at radius 3 is 2.13 bits per heavy atom. The molecule has 0 fully saturated rings. The number of ether oxygens (including phenoxy) is 1. The Morgan fingerprint density at radius 1 is 1.03 bits per heavy atom. The molecule has 1 unspecified atom stereocenters. The first-order valence-corrected chi connectivity index (χ1v) is 11.2. The van der Waals surface area contributed by atoms with E-state index >= 15 is 0 Å². The van der Waals surface area contributed by atoms with Crippen molar-refractivity contribution in [2.75, 3.05) is 6.54 Å². The van der Waals surface area contributed by atoms with Gasteiger partial charge in [-0.1, -0.05) is 64.4 Å². The molecule has 0 radical (unpaired) electrons. The summed E-state index contributed by atoms with van der Waals surface area (Å²) in [6.07, 6.45) is 10.4. The van der Waals surface area contributed by atoms with Crippen LogP contribution in [0.5, 0.6) is 11.5 Å². The van der Waals surface area contributed by atoms with Crippen molar-refractivity contribution < 1.29 is 19.7 Å². The highest BCUT2D eigenvalue weighted by atomic mass is 35.5. The zero-order chi connectivity index (χ0) is 21.7. The summed E-state index contributed by atoms with van der Waals surface area (Å²) in [6.45, 7) is 8.66. The van der Waals surface area contributed by atoms with Gasteiger partial charge in [0.15, 0.2) is 11.5 Å². The van der Waals surface area contributed by atoms with Crippen LogP contribution in [0.2, 0.25) is 0 Å². The van der Waals surface area contributed by atoms with Gasteiger partial charge < -0.3 is 20.3 Å². The lowest BCUT2D eigenvalue weighted by Gasteiger charge is -2.23. The van der Waals surface area contributed by atoms with Gasteiger partial charge in [0.1, 0.15) is 0 Å². The molecule has 6 heteroatoms. The molecular formula is C24H42ClNO4. The number of benzene rings is 1. The molecule has 0 aliphatic heterocycles. The van der Waals surface area contributed by atoms with E-state index in [0.717, 1.165) is 19.3 Å². The smallest absolute Gasteiger partial charge is 0.311 e. The monoisotopic (exact) mass is 443 g/mol. The van der Waals surface area contributed by atoms with Gasteiger partial charge >= 0.3 is 5.97 Å². The Kier molecular flexibility index (Phi) is 14.8. The number of carbonyl (C=O) groups is 1. The fraction of sp³-hybridized carbons (Fsp3) is 0.708. The maximum absolute atomic E-state index is 12.0. The number of β-amino-alcohol motifs (C(OH)–C–C–N with tert-alkyl or cyclic N) is 1. The van der Waals surface area contributed by atoms with Crippen molar-refractivity contribution >= 4 is 18.4 Å². The van der Waals surface area contributed by atoms with E-state index in [9.17, 15) is 15.0 Å². The minimum Gasteiger partial charge on any atom is -0.504 e. The Morgan fingerprint density at radius 2 is 1.60 bits per heavy atom. The van der Waals surface area contributed by atoms with Gasteiger partial charge in [-0.05, 0) is 44.9 Å². The van der Waals surface area contributed by atoms with Gasteiger partial charge in [-0.25, -0.2) is 0 Å². The van der Waals surface area contributed by atoms with Crippen LogP contribution in [0.4, 0.5) is 0 Å². The molecule has 0 aromatic heterocycles. The second-order valence-electron chi connectivity index (χ2n) is 8.93. The highest BCUT2D eigenvalue weighted by Crippen LogP contribution is 2.29. The SMILES string of the molecule is CCCCCCCCCCCC(=O)Oc1ccc(C(O)CNC(C)(C)C)cc1O.Cl. The quantitative estimate of drug-likeness (QED) is 0.185. The predicted octanol–water partition coefficient (Wildman–Crippen LogP) is 6.06. The van der Waals surface area contributed by atoms with Crippen molar-refractivity contribution in [3.05, 3.63) is 23.8 Å². The van der Waals surface area contributed by atoms with Gasteiger partial charge in [-0.2, -0.15) is 0 Å². The summed E-state index contributed by atoms with van der Waals surface area (Å²) >= 11 is 0. The van der Waals surface area contributed by atoms with Crippen LogP contribution in [-0.4, -0.2) is 28.3 Å². The van der Waals surface area contributed by atoms with Crippen molar-refractivity contribution in [1.82, 2.24) is 5.32 Å². The number of rotatable bonds is 14. The standard InChI is InChI=1S/C24H41NO4.ClH/c1-5-6-7-8-9-10-11-12-13-14-23(28)29-22-16-15-19(17-20(22)26)21(27)18-25-24(2,3)4;/h15-17,21,25-27H,5-14,18H2,1-4H3;1H. The molecule has 174 valence electrons. The van der Waals surface area contributed by atoms with Crippen LogP contribution >= 0.6 is 12.4 Å². The Hall–Kier alpha value is -1.30. The topological polar surface area (TPSA) is 78.8 Å². The third-order valence-electron chi connectivity index (χ3n) is 4.90. The number of aliphatic hydroxyl groups excluding tert-OH is 1. The zero-order valence-electron chi connectivity index (χ0n) is 19.2. The van der Waals surface area contributed by atoms with Crippen LogP contribution < -0.4 is 10.1 Å². The summed E-state index contributed by atoms with van der Waals surface area (Å²) in [5.74, 6) is -0.311. The van der Waals surface area contributed by atoms with Crippen molar-refractivity contribution in [3.63, 3.8) is 0 Å². The van der Waals surface area contributed by atoms with Gasteiger partial charge in [0, 0.05) is 18.5 Å². The van der Waals surface area contributed by atoms with E-state index in [-0.39, 0.29) is 35.4 Å². The molecule has 0 spiro atoms. The molecular weight excluding hydrogens is 402 g/mol. The fourth-order valence-corrected chi connectivity index (χ4v) is 3.10. The first kappa shape index (κ1) is 28.7. The lowest BCUT2D eigenvalue weighted by atomic mass is 10.1. The van der Waals surface area contributed by atoms with Gasteiger partial charge in [0.25, 0.3) is 0 Å². The summed E-state index contributed by atoms with van der Waals surface area (Å²) in [5, 5.41) is 23.6. The molecule has 0 aliphatic rings. The molecule has 1 aromatic carbocycles. The van der Waals surface area contributed by atoms with Gasteiger partial charge in [-0.3, -0.25) is 4.79 Å². The molecule has 30 heavy (non-hydrogen) atoms. The van der Waals surface area contributed by atoms with Gasteiger partial charge in [0.05, 0.1) is 6.10 Å². The van der Waals surface area contributed by atoms with Crippen LogP contribution in [0, 0.1) is 0 Å². The van der Waals surface area contributed by atoms with Gasteiger partial charge in [-0.15, -0.1) is 12.4 Å². The number of unbranched alkanes of at least 4 members (excludes halogenated alkanes) is 8. The Labute approximate surface area is 189 Å². The largest absolute Gasteiger partial charge is 0.504 e. The molecule has 0 saturated heterocycles. The number of phenols is 1. The van der Waals surface area contributed by atoms with E-state index in [1.807, 2.05) is 20.8 Å². The minimum absolute atomic E-state index is 0. The highest BCUT2D eigenvalue weighted by Gasteiger charge is 2.16. The summed E-state index contributed by atoms with van der Waals surface area (Å²) < 4.78 is 5.28. The third-order valence-corrected chi connectivity index (χ3v) is 4.90. The van der Waals surface area contributed by atoms with E-state index in [0.29, 0.717) is 18.5 Å². The van der Waals surface area contributed by atoms with Crippen LogP contribution in [0.3, 0.4) is 0 Å². The molecule has 1 rings (SSSR count). The molecule has 1 aromatic rings. The molecule has 3 N–H and O–H groups in total. The third kappa shape index (κ3) is 13.1. The van der Waals surface area contributed by atoms with Crippen LogP contribution in [0.15, 0.2) is 18.2 Å². The number of aliphatic hydroxyl groups is 1. The van der Waals surface area contributed by atoms with E-state index < -0.39 is 6.10 Å². The Bertz CT molecular complexity index is 601.